The van der Waals surface area contributed by atoms with Crippen molar-refractivity contribution in [1.82, 2.24) is 25.7 Å². The van der Waals surface area contributed by atoms with E-state index in [-0.39, 0.29) is 11.9 Å². The molecule has 2 aromatic heterocycles. The number of nitrogens with one attached hydrogen (secondary N) is 2. The van der Waals surface area contributed by atoms with Gasteiger partial charge in [-0.25, -0.2) is 0 Å². The summed E-state index contributed by atoms with van der Waals surface area (Å²) >= 11 is 0. The molecule has 166 valence electrons. The molecule has 0 saturated carbocycles. The van der Waals surface area contributed by atoms with Crippen molar-refractivity contribution in [1.29, 1.82) is 0 Å². The van der Waals surface area contributed by atoms with Gasteiger partial charge in [0.1, 0.15) is 5.75 Å². The molecule has 0 atom stereocenters. The minimum Gasteiger partial charge on any atom is -0.496 e. The highest BCUT2D eigenvalue weighted by molar-refractivity contribution is 5.94. The number of nitrogens with zero attached hydrogens (tertiary/aromatic N) is 4. The van der Waals surface area contributed by atoms with E-state index in [1.807, 2.05) is 36.4 Å². The normalized spacial score (nSPS) is 16.5. The summed E-state index contributed by atoms with van der Waals surface area (Å²) in [5.41, 5.74) is 4.54. The number of hydrogen-bond donors (Lipinski definition) is 2. The number of carbonyl (C=O) groups is 1. The van der Waals surface area contributed by atoms with Crippen molar-refractivity contribution >= 4 is 11.7 Å². The molecule has 3 heterocycles. The summed E-state index contributed by atoms with van der Waals surface area (Å²) in [6.07, 6.45) is 5.96. The monoisotopic (exact) mass is 432 g/mol. The van der Waals surface area contributed by atoms with E-state index >= 15 is 0 Å². The Kier molecular flexibility index (Phi) is 5.75. The quantitative estimate of drug-likeness (QED) is 0.643. The first-order valence-corrected chi connectivity index (χ1v) is 11.3. The van der Waals surface area contributed by atoms with E-state index in [0.29, 0.717) is 5.69 Å². The van der Waals surface area contributed by atoms with Gasteiger partial charge in [-0.05, 0) is 62.8 Å². The third kappa shape index (κ3) is 4.04. The van der Waals surface area contributed by atoms with Crippen molar-refractivity contribution in [2.45, 2.75) is 44.6 Å². The fraction of sp³-hybridized carbons (Fsp3) is 0.417. The summed E-state index contributed by atoms with van der Waals surface area (Å²) in [6.45, 7) is 1.65. The summed E-state index contributed by atoms with van der Waals surface area (Å²) in [6, 6.07) is 11.9. The van der Waals surface area contributed by atoms with E-state index in [9.17, 15) is 4.79 Å². The van der Waals surface area contributed by atoms with E-state index in [1.54, 1.807) is 7.11 Å². The van der Waals surface area contributed by atoms with Crippen molar-refractivity contribution in [2.75, 3.05) is 25.1 Å². The fourth-order valence-electron chi connectivity index (χ4n) is 4.67. The van der Waals surface area contributed by atoms with Gasteiger partial charge in [-0.3, -0.25) is 9.89 Å². The summed E-state index contributed by atoms with van der Waals surface area (Å²) in [5, 5.41) is 19.4. The Morgan fingerprint density at radius 2 is 1.91 bits per heavy atom. The molecule has 0 unspecified atom stereocenters. The van der Waals surface area contributed by atoms with Gasteiger partial charge in [0.05, 0.1) is 12.8 Å². The topological polar surface area (TPSA) is 96.0 Å². The highest BCUT2D eigenvalue weighted by Crippen LogP contribution is 2.29. The Labute approximate surface area is 187 Å². The van der Waals surface area contributed by atoms with Crippen LogP contribution < -0.4 is 15.0 Å². The zero-order chi connectivity index (χ0) is 21.9. The first-order chi connectivity index (χ1) is 15.7. The van der Waals surface area contributed by atoms with Crippen molar-refractivity contribution < 1.29 is 9.53 Å². The minimum absolute atomic E-state index is 0.0520. The van der Waals surface area contributed by atoms with Gasteiger partial charge >= 0.3 is 0 Å². The third-order valence-corrected chi connectivity index (χ3v) is 6.46. The summed E-state index contributed by atoms with van der Waals surface area (Å²) in [5.74, 6) is 1.59. The molecule has 3 aromatic rings. The van der Waals surface area contributed by atoms with Gasteiger partial charge in [-0.15, -0.1) is 10.2 Å². The molecular weight excluding hydrogens is 404 g/mol. The molecule has 1 amide bonds. The van der Waals surface area contributed by atoms with Crippen LogP contribution in [0, 0.1) is 0 Å². The molecule has 1 saturated heterocycles. The molecule has 32 heavy (non-hydrogen) atoms. The van der Waals surface area contributed by atoms with E-state index in [2.05, 4.69) is 30.6 Å². The number of carbonyl (C=O) groups excluding carboxylic acids is 1. The largest absolute Gasteiger partial charge is 0.496 e. The zero-order valence-electron chi connectivity index (χ0n) is 18.3. The Hall–Kier alpha value is -3.42. The minimum atomic E-state index is -0.0520. The van der Waals surface area contributed by atoms with Crippen LogP contribution in [-0.2, 0) is 12.8 Å². The van der Waals surface area contributed by atoms with Crippen LogP contribution in [0.3, 0.4) is 0 Å². The number of ether oxygens (including phenoxy) is 1. The van der Waals surface area contributed by atoms with Crippen molar-refractivity contribution in [3.8, 4) is 17.0 Å². The molecule has 0 bridgehead atoms. The Bertz CT molecular complexity index is 1090. The smallest absolute Gasteiger partial charge is 0.272 e. The predicted molar refractivity (Wildman–Crippen MR) is 122 cm³/mol. The van der Waals surface area contributed by atoms with Crippen LogP contribution in [0.15, 0.2) is 36.4 Å². The number of anilines is 1. The van der Waals surface area contributed by atoms with Crippen molar-refractivity contribution in [2.24, 2.45) is 0 Å². The number of hydrogen-bond acceptors (Lipinski definition) is 6. The zero-order valence-corrected chi connectivity index (χ0v) is 18.3. The van der Waals surface area contributed by atoms with Gasteiger partial charge in [0, 0.05) is 36.0 Å². The molecule has 1 aromatic carbocycles. The Morgan fingerprint density at radius 3 is 2.69 bits per heavy atom. The van der Waals surface area contributed by atoms with Crippen LogP contribution in [0.4, 0.5) is 5.82 Å². The van der Waals surface area contributed by atoms with Crippen LogP contribution in [0.1, 0.15) is 47.4 Å². The van der Waals surface area contributed by atoms with Crippen LogP contribution in [0.25, 0.3) is 11.3 Å². The van der Waals surface area contributed by atoms with E-state index in [4.69, 9.17) is 4.74 Å². The van der Waals surface area contributed by atoms with Gasteiger partial charge in [0.15, 0.2) is 11.5 Å². The van der Waals surface area contributed by atoms with Crippen molar-refractivity contribution in [3.63, 3.8) is 0 Å². The van der Waals surface area contributed by atoms with E-state index in [0.717, 1.165) is 85.7 Å². The van der Waals surface area contributed by atoms with Gasteiger partial charge < -0.3 is 15.0 Å². The van der Waals surface area contributed by atoms with Gasteiger partial charge in [0.2, 0.25) is 0 Å². The number of H-pyrrole nitrogens is 1. The molecule has 5 rings (SSSR count). The lowest BCUT2D eigenvalue weighted by atomic mass is 9.95. The second-order valence-electron chi connectivity index (χ2n) is 8.45. The number of benzene rings is 1. The molecule has 8 nitrogen and oxygen atoms in total. The fourth-order valence-corrected chi connectivity index (χ4v) is 4.67. The molecule has 0 spiro atoms. The number of amides is 1. The summed E-state index contributed by atoms with van der Waals surface area (Å²) in [4.78, 5) is 15.0. The number of piperidine rings is 1. The van der Waals surface area contributed by atoms with E-state index < -0.39 is 0 Å². The van der Waals surface area contributed by atoms with Crippen LogP contribution in [-0.4, -0.2) is 52.5 Å². The molecule has 8 heteroatoms. The number of aromatic amines is 1. The van der Waals surface area contributed by atoms with Crippen LogP contribution >= 0.6 is 0 Å². The molecular formula is C24H28N6O2. The first-order valence-electron chi connectivity index (χ1n) is 11.3. The molecule has 0 radical (unpaired) electrons. The Balaban J connectivity index is 1.19. The second kappa shape index (κ2) is 8.98. The average molecular weight is 433 g/mol. The van der Waals surface area contributed by atoms with Gasteiger partial charge in [0.25, 0.3) is 5.91 Å². The number of aryl methyl sites for hydroxylation is 1. The second-order valence-corrected chi connectivity index (χ2v) is 8.45. The standard InChI is InChI=1S/C24H28N6O2/c1-32-21-9-5-3-6-17(21)20-10-11-22(28-26-20)30-14-12-16(13-15-30)25-24(31)23-18-7-2-4-8-19(18)27-29-23/h3,5-6,9-11,16H,2,4,7-8,12-15H2,1H3,(H,25,31)(H,27,29). The maximum absolute atomic E-state index is 12.8. The third-order valence-electron chi connectivity index (χ3n) is 6.46. The molecule has 1 aliphatic carbocycles. The lowest BCUT2D eigenvalue weighted by molar-refractivity contribution is 0.0925. The lowest BCUT2D eigenvalue weighted by Gasteiger charge is -2.32. The summed E-state index contributed by atoms with van der Waals surface area (Å²) in [7, 11) is 1.66. The number of rotatable bonds is 5. The first kappa shape index (κ1) is 20.5. The van der Waals surface area contributed by atoms with Crippen LogP contribution in [0.5, 0.6) is 5.75 Å². The molecule has 1 fully saturated rings. The Morgan fingerprint density at radius 1 is 1.09 bits per heavy atom. The number of aromatic nitrogens is 4. The van der Waals surface area contributed by atoms with Crippen molar-refractivity contribution in [3.05, 3.63) is 53.3 Å². The molecule has 2 aliphatic rings. The van der Waals surface area contributed by atoms with Gasteiger partial charge in [-0.2, -0.15) is 5.10 Å². The highest BCUT2D eigenvalue weighted by Gasteiger charge is 2.26. The number of para-hydroxylation sites is 1. The van der Waals surface area contributed by atoms with Crippen LogP contribution in [0.2, 0.25) is 0 Å². The molecule has 1 aliphatic heterocycles. The van der Waals surface area contributed by atoms with E-state index in [1.165, 1.54) is 0 Å². The molecule has 2 N–H and O–H groups in total. The number of fused-ring (bicyclic) bond motifs is 1. The van der Waals surface area contributed by atoms with Gasteiger partial charge in [-0.1, -0.05) is 12.1 Å². The maximum atomic E-state index is 12.8. The highest BCUT2D eigenvalue weighted by atomic mass is 16.5. The average Bonchev–Trinajstić information content (AvgIpc) is 3.29. The number of methoxy groups -OCH3 is 1. The SMILES string of the molecule is COc1ccccc1-c1ccc(N2CCC(NC(=O)c3n[nH]c4c3CCCC4)CC2)nn1. The predicted octanol–water partition coefficient (Wildman–Crippen LogP) is 3.15. The lowest BCUT2D eigenvalue weighted by Crippen LogP contribution is -2.45. The maximum Gasteiger partial charge on any atom is 0.272 e. The summed E-state index contributed by atoms with van der Waals surface area (Å²) < 4.78 is 5.43.